The average Bonchev–Trinajstić information content (AvgIpc) is 2.87. The summed E-state index contributed by atoms with van der Waals surface area (Å²) in [5.41, 5.74) is 5.49. The van der Waals surface area contributed by atoms with E-state index in [4.69, 9.17) is 9.47 Å². The highest BCUT2D eigenvalue weighted by Gasteiger charge is 2.24. The van der Waals surface area contributed by atoms with Gasteiger partial charge >= 0.3 is 5.97 Å². The molecule has 26 heavy (non-hydrogen) atoms. The van der Waals surface area contributed by atoms with Gasteiger partial charge in [0.1, 0.15) is 11.5 Å². The molecule has 4 heteroatoms. The number of aliphatic hydroxyl groups excluding tert-OH is 1. The summed E-state index contributed by atoms with van der Waals surface area (Å²) in [6.07, 6.45) is -1.06. The number of carbonyl (C=O) groups is 1. The zero-order valence-electron chi connectivity index (χ0n) is 14.8. The van der Waals surface area contributed by atoms with Crippen molar-refractivity contribution in [3.63, 3.8) is 0 Å². The number of hydrogen-bond donors (Lipinski definition) is 1. The largest absolute Gasteiger partial charge is 0.461 e. The summed E-state index contributed by atoms with van der Waals surface area (Å²) in [6.45, 7) is 14.7. The molecule has 132 valence electrons. The molecular weight excluding hydrogens is 328 g/mol. The standard InChI is InChI=1S/C22H20O4/c1-12(2)21(23)25-15-6-8-17-18-9-7-16(26-22(24)13(3)4)11-20(18)14(5)19(17)10-15/h6-11,21,23H,1,3,5H2,2,4H3. The minimum Gasteiger partial charge on any atom is -0.461 e. The van der Waals surface area contributed by atoms with Gasteiger partial charge in [-0.05, 0) is 71.5 Å². The summed E-state index contributed by atoms with van der Waals surface area (Å²) in [5, 5.41) is 9.83. The Hall–Kier alpha value is -3.11. The van der Waals surface area contributed by atoms with Gasteiger partial charge in [-0.3, -0.25) is 0 Å². The molecule has 0 bridgehead atoms. The fourth-order valence-corrected chi connectivity index (χ4v) is 2.72. The number of esters is 1. The van der Waals surface area contributed by atoms with Crippen LogP contribution in [-0.2, 0) is 4.79 Å². The number of benzene rings is 2. The lowest BCUT2D eigenvalue weighted by Gasteiger charge is -2.14. The first-order valence-corrected chi connectivity index (χ1v) is 8.14. The number of hydrogen-bond acceptors (Lipinski definition) is 4. The zero-order valence-corrected chi connectivity index (χ0v) is 14.8. The number of rotatable bonds is 5. The van der Waals surface area contributed by atoms with Gasteiger partial charge in [-0.1, -0.05) is 31.9 Å². The SMILES string of the molecule is C=C(C)C(=O)Oc1ccc2c(c1)C(=C)c1cc(OC(O)C(=C)C)ccc1-2. The van der Waals surface area contributed by atoms with Crippen LogP contribution < -0.4 is 9.47 Å². The van der Waals surface area contributed by atoms with Gasteiger partial charge in [-0.25, -0.2) is 4.79 Å². The molecule has 0 aliphatic heterocycles. The first kappa shape index (κ1) is 17.7. The number of aliphatic hydroxyl groups is 1. The van der Waals surface area contributed by atoms with Crippen molar-refractivity contribution in [2.75, 3.05) is 0 Å². The van der Waals surface area contributed by atoms with Crippen molar-refractivity contribution < 1.29 is 19.4 Å². The predicted molar refractivity (Wildman–Crippen MR) is 102 cm³/mol. The maximum Gasteiger partial charge on any atom is 0.338 e. The third-order valence-electron chi connectivity index (χ3n) is 4.15. The summed E-state index contributed by atoms with van der Waals surface area (Å²) in [4.78, 5) is 11.7. The molecule has 0 aromatic heterocycles. The molecule has 3 rings (SSSR count). The van der Waals surface area contributed by atoms with E-state index < -0.39 is 12.3 Å². The summed E-state index contributed by atoms with van der Waals surface area (Å²) in [6, 6.07) is 11.0. The monoisotopic (exact) mass is 348 g/mol. The molecular formula is C22H20O4. The summed E-state index contributed by atoms with van der Waals surface area (Å²) in [5.74, 6) is 0.512. The Kier molecular flexibility index (Phi) is 4.53. The number of ether oxygens (including phenoxy) is 2. The van der Waals surface area contributed by atoms with E-state index in [2.05, 4.69) is 19.7 Å². The Labute approximate surface area is 152 Å². The smallest absolute Gasteiger partial charge is 0.338 e. The second-order valence-electron chi connectivity index (χ2n) is 6.38. The highest BCUT2D eigenvalue weighted by Crippen LogP contribution is 2.46. The van der Waals surface area contributed by atoms with E-state index in [9.17, 15) is 9.90 Å². The van der Waals surface area contributed by atoms with Crippen molar-refractivity contribution in [1.29, 1.82) is 0 Å². The second-order valence-corrected chi connectivity index (χ2v) is 6.38. The van der Waals surface area contributed by atoms with Gasteiger partial charge in [0.05, 0.1) is 0 Å². The van der Waals surface area contributed by atoms with Gasteiger partial charge in [0, 0.05) is 5.57 Å². The molecule has 0 heterocycles. The van der Waals surface area contributed by atoms with Gasteiger partial charge in [0.15, 0.2) is 0 Å². The van der Waals surface area contributed by atoms with Crippen molar-refractivity contribution >= 4 is 11.5 Å². The Bertz CT molecular complexity index is 953. The van der Waals surface area contributed by atoms with Gasteiger partial charge < -0.3 is 14.6 Å². The van der Waals surface area contributed by atoms with Crippen LogP contribution >= 0.6 is 0 Å². The van der Waals surface area contributed by atoms with E-state index in [1.165, 1.54) is 0 Å². The van der Waals surface area contributed by atoms with Gasteiger partial charge in [-0.15, -0.1) is 0 Å². The fourth-order valence-electron chi connectivity index (χ4n) is 2.72. The van der Waals surface area contributed by atoms with E-state index in [0.29, 0.717) is 22.6 Å². The Morgan fingerprint density at radius 1 is 0.962 bits per heavy atom. The number of carbonyl (C=O) groups excluding carboxylic acids is 1. The average molecular weight is 348 g/mol. The minimum atomic E-state index is -1.06. The van der Waals surface area contributed by atoms with Gasteiger partial charge in [-0.2, -0.15) is 0 Å². The summed E-state index contributed by atoms with van der Waals surface area (Å²) < 4.78 is 10.8. The third kappa shape index (κ3) is 3.19. The first-order chi connectivity index (χ1) is 12.3. The Balaban J connectivity index is 1.92. The molecule has 1 atom stereocenters. The first-order valence-electron chi connectivity index (χ1n) is 8.14. The lowest BCUT2D eigenvalue weighted by Crippen LogP contribution is -2.16. The zero-order chi connectivity index (χ0) is 19.0. The molecule has 1 N–H and O–H groups in total. The lowest BCUT2D eigenvalue weighted by molar-refractivity contribution is -0.130. The predicted octanol–water partition coefficient (Wildman–Crippen LogP) is 4.48. The highest BCUT2D eigenvalue weighted by molar-refractivity contribution is 6.01. The maximum absolute atomic E-state index is 11.7. The van der Waals surface area contributed by atoms with Crippen molar-refractivity contribution in [3.05, 3.63) is 78.4 Å². The van der Waals surface area contributed by atoms with E-state index in [1.54, 1.807) is 32.0 Å². The Morgan fingerprint density at radius 2 is 1.50 bits per heavy atom. The molecule has 1 unspecified atom stereocenters. The van der Waals surface area contributed by atoms with Crippen LogP contribution in [0.2, 0.25) is 0 Å². The molecule has 2 aromatic carbocycles. The van der Waals surface area contributed by atoms with Crippen molar-refractivity contribution in [1.82, 2.24) is 0 Å². The van der Waals surface area contributed by atoms with Crippen LogP contribution in [0.15, 0.2) is 67.3 Å². The topological polar surface area (TPSA) is 55.8 Å². The van der Waals surface area contributed by atoms with Gasteiger partial charge in [0.2, 0.25) is 6.29 Å². The molecule has 0 saturated heterocycles. The molecule has 0 saturated carbocycles. The normalized spacial score (nSPS) is 12.8. The molecule has 0 amide bonds. The molecule has 0 radical (unpaired) electrons. The van der Waals surface area contributed by atoms with E-state index in [1.807, 2.05) is 18.2 Å². The van der Waals surface area contributed by atoms with Crippen LogP contribution in [0.5, 0.6) is 11.5 Å². The second kappa shape index (κ2) is 6.65. The van der Waals surface area contributed by atoms with Crippen LogP contribution in [0.4, 0.5) is 0 Å². The van der Waals surface area contributed by atoms with Gasteiger partial charge in [0.25, 0.3) is 0 Å². The van der Waals surface area contributed by atoms with Crippen LogP contribution in [0, 0.1) is 0 Å². The van der Waals surface area contributed by atoms with Crippen molar-refractivity contribution in [3.8, 4) is 22.6 Å². The van der Waals surface area contributed by atoms with Crippen LogP contribution in [0.25, 0.3) is 16.7 Å². The third-order valence-corrected chi connectivity index (χ3v) is 4.15. The van der Waals surface area contributed by atoms with Crippen LogP contribution in [0.3, 0.4) is 0 Å². The molecule has 0 fully saturated rings. The minimum absolute atomic E-state index is 0.338. The van der Waals surface area contributed by atoms with Crippen LogP contribution in [-0.4, -0.2) is 17.4 Å². The Morgan fingerprint density at radius 3 is 2.04 bits per heavy atom. The van der Waals surface area contributed by atoms with Crippen molar-refractivity contribution in [2.24, 2.45) is 0 Å². The quantitative estimate of drug-likeness (QED) is 0.243. The molecule has 4 nitrogen and oxygen atoms in total. The van der Waals surface area contributed by atoms with Crippen LogP contribution in [0.1, 0.15) is 25.0 Å². The molecule has 2 aromatic rings. The molecule has 1 aliphatic carbocycles. The van der Waals surface area contributed by atoms with E-state index >= 15 is 0 Å². The highest BCUT2D eigenvalue weighted by atomic mass is 16.6. The number of fused-ring (bicyclic) bond motifs is 3. The maximum atomic E-state index is 11.7. The molecule has 0 spiro atoms. The lowest BCUT2D eigenvalue weighted by atomic mass is 10.1. The van der Waals surface area contributed by atoms with Crippen molar-refractivity contribution in [2.45, 2.75) is 20.1 Å². The van der Waals surface area contributed by atoms with E-state index in [-0.39, 0.29) is 0 Å². The molecule has 1 aliphatic rings. The summed E-state index contributed by atoms with van der Waals surface area (Å²) in [7, 11) is 0. The van der Waals surface area contributed by atoms with E-state index in [0.717, 1.165) is 27.8 Å². The fraction of sp³-hybridized carbons (Fsp3) is 0.136. The summed E-state index contributed by atoms with van der Waals surface area (Å²) >= 11 is 0.